The SMILES string of the molecule is Cl.Cl.Cn1c(CO)nc2cc(N)ccc21. The van der Waals surface area contributed by atoms with Crippen LogP contribution >= 0.6 is 24.8 Å². The third kappa shape index (κ3) is 2.34. The maximum atomic E-state index is 8.97. The van der Waals surface area contributed by atoms with Crippen molar-refractivity contribution in [3.63, 3.8) is 0 Å². The Kier molecular flexibility index (Phi) is 4.87. The van der Waals surface area contributed by atoms with E-state index < -0.39 is 0 Å². The minimum Gasteiger partial charge on any atom is -0.399 e. The molecule has 3 N–H and O–H groups in total. The molecular weight excluding hydrogens is 237 g/mol. The van der Waals surface area contributed by atoms with Crippen LogP contribution in [0.2, 0.25) is 0 Å². The van der Waals surface area contributed by atoms with Crippen molar-refractivity contribution in [1.29, 1.82) is 0 Å². The van der Waals surface area contributed by atoms with Crippen LogP contribution in [-0.4, -0.2) is 14.7 Å². The molecule has 6 heteroatoms. The van der Waals surface area contributed by atoms with Crippen molar-refractivity contribution in [2.24, 2.45) is 7.05 Å². The molecule has 15 heavy (non-hydrogen) atoms. The summed E-state index contributed by atoms with van der Waals surface area (Å²) in [7, 11) is 1.87. The van der Waals surface area contributed by atoms with Gasteiger partial charge in [-0.25, -0.2) is 4.98 Å². The minimum atomic E-state index is -0.0505. The van der Waals surface area contributed by atoms with E-state index in [4.69, 9.17) is 10.8 Å². The minimum absolute atomic E-state index is 0. The van der Waals surface area contributed by atoms with Crippen molar-refractivity contribution in [2.45, 2.75) is 6.61 Å². The molecule has 0 bridgehead atoms. The first-order chi connectivity index (χ1) is 6.22. The normalized spacial score (nSPS) is 9.47. The molecular formula is C9H13Cl2N3O. The molecule has 0 aliphatic heterocycles. The number of halogens is 2. The van der Waals surface area contributed by atoms with E-state index in [0.717, 1.165) is 11.0 Å². The summed E-state index contributed by atoms with van der Waals surface area (Å²) in [6.45, 7) is -0.0505. The number of hydrogen-bond donors (Lipinski definition) is 2. The number of fused-ring (bicyclic) bond motifs is 1. The van der Waals surface area contributed by atoms with Gasteiger partial charge in [0.1, 0.15) is 12.4 Å². The highest BCUT2D eigenvalue weighted by Gasteiger charge is 2.05. The third-order valence-electron chi connectivity index (χ3n) is 2.14. The van der Waals surface area contributed by atoms with E-state index in [0.29, 0.717) is 11.5 Å². The fraction of sp³-hybridized carbons (Fsp3) is 0.222. The lowest BCUT2D eigenvalue weighted by atomic mass is 10.3. The number of hydrogen-bond acceptors (Lipinski definition) is 3. The van der Waals surface area contributed by atoms with Gasteiger partial charge in [-0.2, -0.15) is 0 Å². The number of aliphatic hydroxyl groups is 1. The van der Waals surface area contributed by atoms with E-state index >= 15 is 0 Å². The van der Waals surface area contributed by atoms with Crippen LogP contribution in [0.25, 0.3) is 11.0 Å². The number of anilines is 1. The molecule has 1 heterocycles. The maximum absolute atomic E-state index is 8.97. The van der Waals surface area contributed by atoms with E-state index in [-0.39, 0.29) is 31.4 Å². The van der Waals surface area contributed by atoms with Gasteiger partial charge in [0.25, 0.3) is 0 Å². The summed E-state index contributed by atoms with van der Waals surface area (Å²) in [6, 6.07) is 5.52. The molecule has 0 aliphatic rings. The van der Waals surface area contributed by atoms with Crippen LogP contribution in [0.3, 0.4) is 0 Å². The summed E-state index contributed by atoms with van der Waals surface area (Å²) in [5.74, 6) is 0.653. The van der Waals surface area contributed by atoms with E-state index in [1.165, 1.54) is 0 Å². The molecule has 0 radical (unpaired) electrons. The van der Waals surface area contributed by atoms with Crippen LogP contribution < -0.4 is 5.73 Å². The molecule has 0 atom stereocenters. The summed E-state index contributed by atoms with van der Waals surface area (Å²) in [5.41, 5.74) is 8.11. The van der Waals surface area contributed by atoms with Crippen molar-refractivity contribution in [3.8, 4) is 0 Å². The molecule has 84 valence electrons. The Bertz CT molecular complexity index is 456. The maximum Gasteiger partial charge on any atom is 0.135 e. The predicted octanol–water partition coefficient (Wildman–Crippen LogP) is 1.49. The number of imidazole rings is 1. The Morgan fingerprint density at radius 1 is 1.40 bits per heavy atom. The lowest BCUT2D eigenvalue weighted by Crippen LogP contribution is -1.96. The number of nitrogens with zero attached hydrogens (tertiary/aromatic N) is 2. The zero-order valence-corrected chi connectivity index (χ0v) is 9.81. The molecule has 4 nitrogen and oxygen atoms in total. The Morgan fingerprint density at radius 2 is 2.07 bits per heavy atom. The second-order valence-electron chi connectivity index (χ2n) is 2.99. The predicted molar refractivity (Wildman–Crippen MR) is 65.5 cm³/mol. The van der Waals surface area contributed by atoms with E-state index in [9.17, 15) is 0 Å². The summed E-state index contributed by atoms with van der Waals surface area (Å²) in [6.07, 6.45) is 0. The van der Waals surface area contributed by atoms with Crippen LogP contribution in [0.15, 0.2) is 18.2 Å². The van der Waals surface area contributed by atoms with Gasteiger partial charge in [0.15, 0.2) is 0 Å². The molecule has 2 rings (SSSR count). The number of nitrogen functional groups attached to an aromatic ring is 1. The number of aromatic nitrogens is 2. The smallest absolute Gasteiger partial charge is 0.135 e. The van der Waals surface area contributed by atoms with Gasteiger partial charge < -0.3 is 15.4 Å². The van der Waals surface area contributed by atoms with Gasteiger partial charge in [0, 0.05) is 12.7 Å². The Morgan fingerprint density at radius 3 is 2.67 bits per heavy atom. The Hall–Kier alpha value is -0.970. The first kappa shape index (κ1) is 14.0. The van der Waals surface area contributed by atoms with Crippen LogP contribution in [0.1, 0.15) is 5.82 Å². The van der Waals surface area contributed by atoms with Crippen molar-refractivity contribution in [1.82, 2.24) is 9.55 Å². The second-order valence-corrected chi connectivity index (χ2v) is 2.99. The van der Waals surface area contributed by atoms with Gasteiger partial charge in [-0.05, 0) is 18.2 Å². The van der Waals surface area contributed by atoms with E-state index in [1.54, 1.807) is 6.07 Å². The van der Waals surface area contributed by atoms with Crippen LogP contribution in [0, 0.1) is 0 Å². The van der Waals surface area contributed by atoms with Crippen LogP contribution in [-0.2, 0) is 13.7 Å². The largest absolute Gasteiger partial charge is 0.399 e. The Labute approximate surface area is 99.9 Å². The summed E-state index contributed by atoms with van der Waals surface area (Å²) >= 11 is 0. The van der Waals surface area contributed by atoms with Crippen molar-refractivity contribution >= 4 is 41.5 Å². The fourth-order valence-electron chi connectivity index (χ4n) is 1.41. The molecule has 1 aromatic heterocycles. The van der Waals surface area contributed by atoms with Gasteiger partial charge in [-0.3, -0.25) is 0 Å². The zero-order chi connectivity index (χ0) is 9.42. The van der Waals surface area contributed by atoms with Gasteiger partial charge in [-0.1, -0.05) is 0 Å². The molecule has 0 fully saturated rings. The van der Waals surface area contributed by atoms with Crippen molar-refractivity contribution < 1.29 is 5.11 Å². The van der Waals surface area contributed by atoms with Crippen molar-refractivity contribution in [3.05, 3.63) is 24.0 Å². The van der Waals surface area contributed by atoms with Gasteiger partial charge in [0.05, 0.1) is 11.0 Å². The standard InChI is InChI=1S/C9H11N3O.2ClH/c1-12-8-3-2-6(10)4-7(8)11-9(12)5-13;;/h2-4,13H,5,10H2,1H3;2*1H. The first-order valence-electron chi connectivity index (χ1n) is 4.04. The molecule has 0 aliphatic carbocycles. The molecule has 0 saturated carbocycles. The summed E-state index contributed by atoms with van der Waals surface area (Å²) in [4.78, 5) is 4.22. The van der Waals surface area contributed by atoms with Gasteiger partial charge >= 0.3 is 0 Å². The third-order valence-corrected chi connectivity index (χ3v) is 2.14. The molecule has 0 spiro atoms. The average Bonchev–Trinajstić information content (AvgIpc) is 2.42. The van der Waals surface area contributed by atoms with Gasteiger partial charge in [-0.15, -0.1) is 24.8 Å². The number of benzene rings is 1. The Balaban J connectivity index is 0.000000980. The molecule has 0 amide bonds. The van der Waals surface area contributed by atoms with E-state index in [2.05, 4.69) is 4.98 Å². The van der Waals surface area contributed by atoms with Gasteiger partial charge in [0.2, 0.25) is 0 Å². The molecule has 2 aromatic rings. The lowest BCUT2D eigenvalue weighted by molar-refractivity contribution is 0.268. The lowest BCUT2D eigenvalue weighted by Gasteiger charge is -1.97. The highest BCUT2D eigenvalue weighted by molar-refractivity contribution is 5.85. The highest BCUT2D eigenvalue weighted by atomic mass is 35.5. The monoisotopic (exact) mass is 249 g/mol. The topological polar surface area (TPSA) is 64.1 Å². The van der Waals surface area contributed by atoms with E-state index in [1.807, 2.05) is 23.7 Å². The second kappa shape index (κ2) is 5.21. The number of aryl methyl sites for hydroxylation is 1. The molecule has 0 unspecified atom stereocenters. The van der Waals surface area contributed by atoms with Crippen molar-refractivity contribution in [2.75, 3.05) is 5.73 Å². The zero-order valence-electron chi connectivity index (χ0n) is 8.17. The highest BCUT2D eigenvalue weighted by Crippen LogP contribution is 2.17. The summed E-state index contributed by atoms with van der Waals surface area (Å²) in [5, 5.41) is 8.97. The van der Waals surface area contributed by atoms with Crippen LogP contribution in [0.4, 0.5) is 5.69 Å². The average molecular weight is 250 g/mol. The van der Waals surface area contributed by atoms with Crippen LogP contribution in [0.5, 0.6) is 0 Å². The number of nitrogens with two attached hydrogens (primary N) is 1. The number of aliphatic hydroxyl groups excluding tert-OH is 1. The number of rotatable bonds is 1. The molecule has 1 aromatic carbocycles. The summed E-state index contributed by atoms with van der Waals surface area (Å²) < 4.78 is 1.86. The quantitative estimate of drug-likeness (QED) is 0.753. The molecule has 0 saturated heterocycles. The fourth-order valence-corrected chi connectivity index (χ4v) is 1.41. The first-order valence-corrected chi connectivity index (χ1v) is 4.04.